The maximum atomic E-state index is 12.5. The molecule has 0 aliphatic heterocycles. The number of benzene rings is 1. The highest BCUT2D eigenvalue weighted by Gasteiger charge is 2.14. The Kier molecular flexibility index (Phi) is 4.28. The summed E-state index contributed by atoms with van der Waals surface area (Å²) in [5.74, 6) is 1.50. The van der Waals surface area contributed by atoms with Crippen LogP contribution in [0.2, 0.25) is 5.02 Å². The number of aromatic nitrogens is 7. The fourth-order valence-corrected chi connectivity index (χ4v) is 3.01. The van der Waals surface area contributed by atoms with E-state index in [4.69, 9.17) is 11.6 Å². The lowest BCUT2D eigenvalue weighted by atomic mass is 10.1. The first-order chi connectivity index (χ1) is 13.0. The van der Waals surface area contributed by atoms with Gasteiger partial charge in [-0.2, -0.15) is 9.67 Å². The minimum atomic E-state index is -0.331. The van der Waals surface area contributed by atoms with Gasteiger partial charge in [0, 0.05) is 23.2 Å². The summed E-state index contributed by atoms with van der Waals surface area (Å²) in [5, 5.41) is 15.8. The zero-order chi connectivity index (χ0) is 19.0. The number of H-pyrrole nitrogens is 1. The number of tetrazole rings is 1. The van der Waals surface area contributed by atoms with E-state index >= 15 is 0 Å². The van der Waals surface area contributed by atoms with Gasteiger partial charge in [0.2, 0.25) is 5.95 Å². The van der Waals surface area contributed by atoms with Gasteiger partial charge in [0.1, 0.15) is 0 Å². The zero-order valence-corrected chi connectivity index (χ0v) is 15.3. The Bertz CT molecular complexity index is 1180. The molecule has 1 atom stereocenters. The van der Waals surface area contributed by atoms with E-state index in [9.17, 15) is 4.79 Å². The fraction of sp³-hybridized carbons (Fsp3) is 0.176. The lowest BCUT2D eigenvalue weighted by molar-refractivity contribution is 0.753. The molecule has 136 valence electrons. The van der Waals surface area contributed by atoms with Crippen molar-refractivity contribution >= 4 is 28.5 Å². The zero-order valence-electron chi connectivity index (χ0n) is 14.5. The number of para-hydroxylation sites is 1. The summed E-state index contributed by atoms with van der Waals surface area (Å²) < 4.78 is 1.50. The molecule has 0 spiro atoms. The molecule has 9 nitrogen and oxygen atoms in total. The number of nitrogens with zero attached hydrogens (tertiary/aromatic N) is 6. The molecule has 0 saturated heterocycles. The topological polar surface area (TPSA) is 114 Å². The number of rotatable bonds is 4. The highest BCUT2D eigenvalue weighted by Crippen LogP contribution is 2.23. The van der Waals surface area contributed by atoms with Gasteiger partial charge in [-0.05, 0) is 36.4 Å². The molecule has 0 unspecified atom stereocenters. The Hall–Kier alpha value is -3.33. The molecule has 4 aromatic rings. The van der Waals surface area contributed by atoms with Gasteiger partial charge < -0.3 is 10.3 Å². The van der Waals surface area contributed by atoms with Gasteiger partial charge in [0.25, 0.3) is 5.56 Å². The second-order valence-corrected chi connectivity index (χ2v) is 6.41. The van der Waals surface area contributed by atoms with E-state index in [1.165, 1.54) is 4.68 Å². The first kappa shape index (κ1) is 17.1. The monoisotopic (exact) mass is 382 g/mol. The number of aryl methyl sites for hydroxylation is 1. The number of hydrogen-bond acceptors (Lipinski definition) is 7. The molecule has 1 aromatic carbocycles. The van der Waals surface area contributed by atoms with E-state index < -0.39 is 0 Å². The van der Waals surface area contributed by atoms with Crippen molar-refractivity contribution in [1.82, 2.24) is 35.2 Å². The second-order valence-electron chi connectivity index (χ2n) is 6.00. The molecule has 0 aliphatic rings. The van der Waals surface area contributed by atoms with Crippen LogP contribution >= 0.6 is 11.6 Å². The predicted molar refractivity (Wildman–Crippen MR) is 101 cm³/mol. The number of fused-ring (bicyclic) bond motifs is 1. The van der Waals surface area contributed by atoms with Crippen molar-refractivity contribution in [3.63, 3.8) is 0 Å². The Morgan fingerprint density at radius 2 is 2.15 bits per heavy atom. The number of pyridine rings is 1. The Labute approximate surface area is 158 Å². The van der Waals surface area contributed by atoms with Gasteiger partial charge in [-0.3, -0.25) is 4.79 Å². The summed E-state index contributed by atoms with van der Waals surface area (Å²) in [6, 6.07) is 8.65. The molecule has 4 rings (SSSR count). The van der Waals surface area contributed by atoms with Gasteiger partial charge in [0.15, 0.2) is 11.6 Å². The first-order valence-electron chi connectivity index (χ1n) is 8.19. The second kappa shape index (κ2) is 6.76. The summed E-state index contributed by atoms with van der Waals surface area (Å²) >= 11 is 6.15. The Morgan fingerprint density at radius 1 is 1.30 bits per heavy atom. The SMILES string of the molecule is Cc1nnnn1-c1ccnc(N[C@@H](C)c2cc3cccc(Cl)c3[nH]c2=O)n1. The summed E-state index contributed by atoms with van der Waals surface area (Å²) in [5.41, 5.74) is 0.952. The standard InChI is InChI=1S/C17H15ClN8O/c1-9(12-8-11-4-3-5-13(18)15(11)22-16(12)27)20-17-19-7-6-14(21-17)26-10(2)23-24-25-26/h3-9H,1-2H3,(H,22,27)(H,19,20,21)/t9-/m0/s1. The number of halogens is 1. The van der Waals surface area contributed by atoms with Crippen LogP contribution in [-0.2, 0) is 0 Å². The maximum Gasteiger partial charge on any atom is 0.253 e. The molecule has 0 saturated carbocycles. The third kappa shape index (κ3) is 3.24. The van der Waals surface area contributed by atoms with Crippen LogP contribution in [0.25, 0.3) is 16.7 Å². The molecular formula is C17H15ClN8O. The third-order valence-electron chi connectivity index (χ3n) is 4.15. The van der Waals surface area contributed by atoms with E-state index in [0.717, 1.165) is 5.39 Å². The van der Waals surface area contributed by atoms with Crippen LogP contribution in [0.1, 0.15) is 24.4 Å². The first-order valence-corrected chi connectivity index (χ1v) is 8.57. The van der Waals surface area contributed by atoms with Crippen molar-refractivity contribution in [2.24, 2.45) is 0 Å². The van der Waals surface area contributed by atoms with Crippen LogP contribution in [0, 0.1) is 6.92 Å². The van der Waals surface area contributed by atoms with Crippen molar-refractivity contribution in [3.05, 3.63) is 63.3 Å². The van der Waals surface area contributed by atoms with E-state index in [0.29, 0.717) is 33.7 Å². The van der Waals surface area contributed by atoms with E-state index in [1.807, 2.05) is 25.1 Å². The summed E-state index contributed by atoms with van der Waals surface area (Å²) in [6.07, 6.45) is 1.60. The largest absolute Gasteiger partial charge is 0.347 e. The average molecular weight is 383 g/mol. The van der Waals surface area contributed by atoms with Gasteiger partial charge in [-0.1, -0.05) is 23.7 Å². The predicted octanol–water partition coefficient (Wildman–Crippen LogP) is 2.43. The van der Waals surface area contributed by atoms with Crippen molar-refractivity contribution < 1.29 is 0 Å². The molecule has 2 N–H and O–H groups in total. The maximum absolute atomic E-state index is 12.5. The van der Waals surface area contributed by atoms with Gasteiger partial charge in [-0.15, -0.1) is 5.10 Å². The van der Waals surface area contributed by atoms with E-state index in [2.05, 4.69) is 35.8 Å². The number of hydrogen-bond donors (Lipinski definition) is 2. The van der Waals surface area contributed by atoms with E-state index in [1.54, 1.807) is 25.3 Å². The van der Waals surface area contributed by atoms with Crippen molar-refractivity contribution in [1.29, 1.82) is 0 Å². The molecule has 3 heterocycles. The minimum Gasteiger partial charge on any atom is -0.347 e. The highest BCUT2D eigenvalue weighted by molar-refractivity contribution is 6.35. The van der Waals surface area contributed by atoms with Gasteiger partial charge in [0.05, 0.1) is 16.6 Å². The molecule has 0 fully saturated rings. The van der Waals surface area contributed by atoms with Crippen LogP contribution in [0.15, 0.2) is 41.3 Å². The third-order valence-corrected chi connectivity index (χ3v) is 4.47. The smallest absolute Gasteiger partial charge is 0.253 e. The molecule has 3 aromatic heterocycles. The van der Waals surface area contributed by atoms with Crippen LogP contribution < -0.4 is 10.9 Å². The quantitative estimate of drug-likeness (QED) is 0.557. The Morgan fingerprint density at radius 3 is 2.93 bits per heavy atom. The van der Waals surface area contributed by atoms with Gasteiger partial charge in [-0.25, -0.2) is 4.98 Å². The number of nitrogens with one attached hydrogen (secondary N) is 2. The molecule has 0 radical (unpaired) electrons. The van der Waals surface area contributed by atoms with Crippen molar-refractivity contribution in [2.75, 3.05) is 5.32 Å². The summed E-state index contributed by atoms with van der Waals surface area (Å²) in [4.78, 5) is 24.0. The Balaban J connectivity index is 1.66. The molecule has 27 heavy (non-hydrogen) atoms. The molecule has 0 amide bonds. The fourth-order valence-electron chi connectivity index (χ4n) is 2.78. The van der Waals surface area contributed by atoms with Crippen LogP contribution in [-0.4, -0.2) is 35.2 Å². The summed E-state index contributed by atoms with van der Waals surface area (Å²) in [6.45, 7) is 3.64. The van der Waals surface area contributed by atoms with Gasteiger partial charge >= 0.3 is 0 Å². The number of aromatic amines is 1. The van der Waals surface area contributed by atoms with Crippen LogP contribution in [0.5, 0.6) is 0 Å². The van der Waals surface area contributed by atoms with Crippen LogP contribution in [0.4, 0.5) is 5.95 Å². The number of anilines is 1. The van der Waals surface area contributed by atoms with Crippen molar-refractivity contribution in [3.8, 4) is 5.82 Å². The average Bonchev–Trinajstić information content (AvgIpc) is 3.08. The van der Waals surface area contributed by atoms with Crippen LogP contribution in [0.3, 0.4) is 0 Å². The highest BCUT2D eigenvalue weighted by atomic mass is 35.5. The minimum absolute atomic E-state index is 0.219. The lowest BCUT2D eigenvalue weighted by Gasteiger charge is -2.14. The summed E-state index contributed by atoms with van der Waals surface area (Å²) in [7, 11) is 0. The molecule has 10 heteroatoms. The molecular weight excluding hydrogens is 368 g/mol. The van der Waals surface area contributed by atoms with Crippen molar-refractivity contribution in [2.45, 2.75) is 19.9 Å². The molecule has 0 aliphatic carbocycles. The normalized spacial score (nSPS) is 12.3. The lowest BCUT2D eigenvalue weighted by Crippen LogP contribution is -2.20. The molecule has 0 bridgehead atoms. The van der Waals surface area contributed by atoms with E-state index in [-0.39, 0.29) is 11.6 Å².